The van der Waals surface area contributed by atoms with Gasteiger partial charge in [-0.05, 0) is 31.7 Å². The number of benzene rings is 1. The second kappa shape index (κ2) is 5.36. The number of hydrogen-bond acceptors (Lipinski definition) is 5. The molecular formula is C12H19N3O3S. The van der Waals surface area contributed by atoms with Gasteiger partial charge in [0.05, 0.1) is 16.3 Å². The van der Waals surface area contributed by atoms with Gasteiger partial charge < -0.3 is 15.7 Å². The normalized spacial score (nSPS) is 19.9. The van der Waals surface area contributed by atoms with Crippen LogP contribution in [0.5, 0.6) is 0 Å². The Labute approximate surface area is 113 Å². The minimum absolute atomic E-state index is 0.144. The van der Waals surface area contributed by atoms with E-state index in [1.807, 2.05) is 4.90 Å². The average Bonchev–Trinajstić information content (AvgIpc) is 2.87. The first kappa shape index (κ1) is 14.1. The zero-order valence-electron chi connectivity index (χ0n) is 10.8. The van der Waals surface area contributed by atoms with Gasteiger partial charge in [-0.2, -0.15) is 0 Å². The maximum atomic E-state index is 11.8. The van der Waals surface area contributed by atoms with Crippen molar-refractivity contribution in [2.45, 2.75) is 11.3 Å². The van der Waals surface area contributed by atoms with Crippen molar-refractivity contribution in [3.63, 3.8) is 0 Å². The lowest BCUT2D eigenvalue weighted by molar-refractivity contribution is 0.238. The zero-order valence-corrected chi connectivity index (χ0v) is 11.7. The van der Waals surface area contributed by atoms with E-state index in [2.05, 4.69) is 4.72 Å². The molecule has 0 radical (unpaired) electrons. The van der Waals surface area contributed by atoms with Crippen LogP contribution in [0.25, 0.3) is 0 Å². The summed E-state index contributed by atoms with van der Waals surface area (Å²) in [6.07, 6.45) is 0.888. The number of hydrogen-bond donors (Lipinski definition) is 3. The van der Waals surface area contributed by atoms with Crippen molar-refractivity contribution < 1.29 is 13.5 Å². The van der Waals surface area contributed by atoms with Crippen LogP contribution in [-0.2, 0) is 10.0 Å². The second-order valence-corrected chi connectivity index (χ2v) is 6.60. The summed E-state index contributed by atoms with van der Waals surface area (Å²) >= 11 is 0. The topological polar surface area (TPSA) is 95.7 Å². The first-order valence-corrected chi connectivity index (χ1v) is 7.65. The number of rotatable bonds is 4. The van der Waals surface area contributed by atoms with E-state index in [1.165, 1.54) is 13.1 Å². The molecule has 0 spiro atoms. The van der Waals surface area contributed by atoms with Gasteiger partial charge in [0.2, 0.25) is 10.0 Å². The first-order chi connectivity index (χ1) is 8.97. The Bertz CT molecular complexity index is 559. The van der Waals surface area contributed by atoms with E-state index in [0.29, 0.717) is 17.9 Å². The van der Waals surface area contributed by atoms with E-state index in [-0.39, 0.29) is 17.4 Å². The maximum absolute atomic E-state index is 11.8. The Hall–Kier alpha value is -1.31. The second-order valence-electron chi connectivity index (χ2n) is 4.71. The van der Waals surface area contributed by atoms with Crippen LogP contribution in [0, 0.1) is 5.92 Å². The van der Waals surface area contributed by atoms with E-state index in [1.54, 1.807) is 12.1 Å². The predicted molar refractivity (Wildman–Crippen MR) is 74.5 cm³/mol. The van der Waals surface area contributed by atoms with Gasteiger partial charge in [-0.25, -0.2) is 13.1 Å². The standard InChI is InChI=1S/C12H19N3O3S/c1-14-19(17,18)10-2-3-11(13)12(6-10)15-5-4-9(7-15)8-16/h2-3,6,9,14,16H,4-5,7-8,13H2,1H3. The van der Waals surface area contributed by atoms with Crippen molar-refractivity contribution in [3.8, 4) is 0 Å². The summed E-state index contributed by atoms with van der Waals surface area (Å²) in [4.78, 5) is 2.22. The molecule has 1 unspecified atom stereocenters. The van der Waals surface area contributed by atoms with Crippen LogP contribution in [0.4, 0.5) is 11.4 Å². The Morgan fingerprint density at radius 3 is 2.84 bits per heavy atom. The number of anilines is 2. The van der Waals surface area contributed by atoms with Gasteiger partial charge in [0, 0.05) is 25.6 Å². The number of aliphatic hydroxyl groups excluding tert-OH is 1. The SMILES string of the molecule is CNS(=O)(=O)c1ccc(N)c(N2CCC(CO)C2)c1. The van der Waals surface area contributed by atoms with Crippen LogP contribution in [-0.4, -0.2) is 40.3 Å². The van der Waals surface area contributed by atoms with Gasteiger partial charge in [0.15, 0.2) is 0 Å². The van der Waals surface area contributed by atoms with E-state index in [9.17, 15) is 8.42 Å². The predicted octanol–water partition coefficient (Wildman–Crippen LogP) is -0.00450. The van der Waals surface area contributed by atoms with Gasteiger partial charge in [0.1, 0.15) is 0 Å². The van der Waals surface area contributed by atoms with Crippen LogP contribution >= 0.6 is 0 Å². The largest absolute Gasteiger partial charge is 0.397 e. The third kappa shape index (κ3) is 2.83. The lowest BCUT2D eigenvalue weighted by Crippen LogP contribution is -2.23. The number of nitrogen functional groups attached to an aromatic ring is 1. The van der Waals surface area contributed by atoms with Gasteiger partial charge in [0.25, 0.3) is 0 Å². The molecule has 1 aromatic carbocycles. The third-order valence-corrected chi connectivity index (χ3v) is 4.88. The molecule has 1 aliphatic rings. The van der Waals surface area contributed by atoms with E-state index < -0.39 is 10.0 Å². The maximum Gasteiger partial charge on any atom is 0.240 e. The van der Waals surface area contributed by atoms with Gasteiger partial charge in [-0.1, -0.05) is 0 Å². The smallest absolute Gasteiger partial charge is 0.240 e. The molecule has 0 saturated carbocycles. The monoisotopic (exact) mass is 285 g/mol. The highest BCUT2D eigenvalue weighted by Crippen LogP contribution is 2.30. The Kier molecular flexibility index (Phi) is 3.98. The van der Waals surface area contributed by atoms with Crippen molar-refractivity contribution in [2.75, 3.05) is 37.4 Å². The molecular weight excluding hydrogens is 266 g/mol. The molecule has 1 fully saturated rings. The summed E-state index contributed by atoms with van der Waals surface area (Å²) in [5, 5.41) is 9.16. The van der Waals surface area contributed by atoms with E-state index in [0.717, 1.165) is 13.0 Å². The molecule has 2 rings (SSSR count). The molecule has 0 amide bonds. The highest BCUT2D eigenvalue weighted by molar-refractivity contribution is 7.89. The van der Waals surface area contributed by atoms with Crippen LogP contribution in [0.1, 0.15) is 6.42 Å². The highest BCUT2D eigenvalue weighted by atomic mass is 32.2. The van der Waals surface area contributed by atoms with Crippen molar-refractivity contribution >= 4 is 21.4 Å². The number of nitrogens with two attached hydrogens (primary N) is 1. The van der Waals surface area contributed by atoms with Gasteiger partial charge in [-0.15, -0.1) is 0 Å². The Morgan fingerprint density at radius 1 is 1.53 bits per heavy atom. The van der Waals surface area contributed by atoms with Crippen LogP contribution < -0.4 is 15.4 Å². The molecule has 6 nitrogen and oxygen atoms in total. The molecule has 1 heterocycles. The number of nitrogens with zero attached hydrogens (tertiary/aromatic N) is 1. The third-order valence-electron chi connectivity index (χ3n) is 3.47. The van der Waals surface area contributed by atoms with E-state index >= 15 is 0 Å². The lowest BCUT2D eigenvalue weighted by Gasteiger charge is -2.21. The van der Waals surface area contributed by atoms with Crippen molar-refractivity contribution in [1.29, 1.82) is 0 Å². The van der Waals surface area contributed by atoms with Crippen molar-refractivity contribution in [1.82, 2.24) is 4.72 Å². The van der Waals surface area contributed by atoms with Gasteiger partial charge >= 0.3 is 0 Å². The number of aliphatic hydroxyl groups is 1. The number of nitrogens with one attached hydrogen (secondary N) is 1. The lowest BCUT2D eigenvalue weighted by atomic mass is 10.1. The molecule has 4 N–H and O–H groups in total. The van der Waals surface area contributed by atoms with Gasteiger partial charge in [-0.3, -0.25) is 0 Å². The quantitative estimate of drug-likeness (QED) is 0.677. The molecule has 1 saturated heterocycles. The van der Waals surface area contributed by atoms with Crippen molar-refractivity contribution in [3.05, 3.63) is 18.2 Å². The fourth-order valence-electron chi connectivity index (χ4n) is 2.28. The minimum Gasteiger partial charge on any atom is -0.397 e. The molecule has 106 valence electrons. The molecule has 7 heteroatoms. The number of sulfonamides is 1. The summed E-state index contributed by atoms with van der Waals surface area (Å²) < 4.78 is 25.9. The highest BCUT2D eigenvalue weighted by Gasteiger charge is 2.24. The molecule has 0 aliphatic carbocycles. The molecule has 19 heavy (non-hydrogen) atoms. The van der Waals surface area contributed by atoms with Crippen LogP contribution in [0.3, 0.4) is 0 Å². The van der Waals surface area contributed by atoms with Crippen LogP contribution in [0.15, 0.2) is 23.1 Å². The molecule has 0 bridgehead atoms. The first-order valence-electron chi connectivity index (χ1n) is 6.17. The molecule has 1 aromatic rings. The average molecular weight is 285 g/mol. The van der Waals surface area contributed by atoms with Crippen molar-refractivity contribution in [2.24, 2.45) is 5.92 Å². The Balaban J connectivity index is 2.33. The molecule has 1 aliphatic heterocycles. The summed E-state index contributed by atoms with van der Waals surface area (Å²) in [5.41, 5.74) is 7.19. The van der Waals surface area contributed by atoms with E-state index in [4.69, 9.17) is 10.8 Å². The molecule has 0 aromatic heterocycles. The molecule has 1 atom stereocenters. The fourth-order valence-corrected chi connectivity index (χ4v) is 3.03. The summed E-state index contributed by atoms with van der Waals surface area (Å²) in [5.74, 6) is 0.226. The summed E-state index contributed by atoms with van der Waals surface area (Å²) in [6.45, 7) is 1.62. The van der Waals surface area contributed by atoms with Crippen LogP contribution in [0.2, 0.25) is 0 Å². The summed E-state index contributed by atoms with van der Waals surface area (Å²) in [6, 6.07) is 4.68. The summed E-state index contributed by atoms with van der Waals surface area (Å²) in [7, 11) is -2.09. The Morgan fingerprint density at radius 2 is 2.26 bits per heavy atom. The fraction of sp³-hybridized carbons (Fsp3) is 0.500. The minimum atomic E-state index is -3.47. The zero-order chi connectivity index (χ0) is 14.0.